The van der Waals surface area contributed by atoms with Crippen LogP contribution < -0.4 is 36.6 Å². The van der Waals surface area contributed by atoms with Gasteiger partial charge in [-0.3, -0.25) is 28.8 Å². The van der Waals surface area contributed by atoms with Crippen molar-refractivity contribution >= 4 is 46.9 Å². The van der Waals surface area contributed by atoms with Crippen molar-refractivity contribution in [3.8, 4) is 5.75 Å². The molecule has 2 aliphatic rings. The number of anilines is 1. The molecule has 20 nitrogen and oxygen atoms in total. The summed E-state index contributed by atoms with van der Waals surface area (Å²) < 4.78 is 33.4. The number of amides is 6. The lowest BCUT2D eigenvalue weighted by atomic mass is 9.85. The Morgan fingerprint density at radius 3 is 2.34 bits per heavy atom. The fourth-order valence-corrected chi connectivity index (χ4v) is 8.77. The highest BCUT2D eigenvalue weighted by Gasteiger charge is 2.46. The molecule has 6 amide bonds. The molecular formula is C52H72FN11O9. The van der Waals surface area contributed by atoms with Crippen LogP contribution in [0.5, 0.6) is 5.75 Å². The minimum Gasteiger partial charge on any atom is -0.489 e. The van der Waals surface area contributed by atoms with Gasteiger partial charge >= 0.3 is 0 Å². The number of nitrogens with one attached hydrogen (secondary N) is 6. The summed E-state index contributed by atoms with van der Waals surface area (Å²) in [4.78, 5) is 89.1. The van der Waals surface area contributed by atoms with Crippen molar-refractivity contribution in [2.24, 2.45) is 5.41 Å². The summed E-state index contributed by atoms with van der Waals surface area (Å²) in [5.74, 6) is -1.55. The number of hydrogen-bond acceptors (Lipinski definition) is 13. The SMILES string of the molecule is CC[C@@H](NC(=O)[C@@H]1C[C@H](NC(=O)CCOCCOCCC(=O)NCCN2C[C@H](C)Oc3ccc(F)cc3C(C)Nc3ccn4ncc(c4n3)C2=O)CN1C(=O)[C@@H](NC(=O)[C@H](C)NC)C(C)(C)C)c1ccccc1. The zero-order valence-corrected chi connectivity index (χ0v) is 43.2. The van der Waals surface area contributed by atoms with E-state index in [0.29, 0.717) is 29.2 Å². The van der Waals surface area contributed by atoms with Gasteiger partial charge in [0, 0.05) is 50.3 Å². The molecule has 0 aliphatic carbocycles. The molecule has 4 aromatic rings. The van der Waals surface area contributed by atoms with E-state index in [1.54, 1.807) is 37.2 Å². The molecule has 2 aromatic carbocycles. The smallest absolute Gasteiger partial charge is 0.259 e. The average Bonchev–Trinajstić information content (AvgIpc) is 3.99. The molecule has 6 rings (SSSR count). The van der Waals surface area contributed by atoms with Gasteiger partial charge in [-0.05, 0) is 75.9 Å². The third kappa shape index (κ3) is 15.2. The number of carbonyl (C=O) groups is 6. The first-order chi connectivity index (χ1) is 34.9. The van der Waals surface area contributed by atoms with Crippen molar-refractivity contribution in [3.05, 3.63) is 89.5 Å². The largest absolute Gasteiger partial charge is 0.489 e. The first-order valence-corrected chi connectivity index (χ1v) is 25.1. The molecule has 0 spiro atoms. The topological polar surface area (TPSA) is 239 Å². The van der Waals surface area contributed by atoms with Crippen molar-refractivity contribution in [2.45, 2.75) is 117 Å². The number of halogens is 1. The normalized spacial score (nSPS) is 19.3. The highest BCUT2D eigenvalue weighted by atomic mass is 19.1. The lowest BCUT2D eigenvalue weighted by Crippen LogP contribution is -2.59. The molecule has 2 aromatic heterocycles. The minimum absolute atomic E-state index is 0.0152. The first-order valence-electron chi connectivity index (χ1n) is 25.1. The summed E-state index contributed by atoms with van der Waals surface area (Å²) in [6, 6.07) is 12.0. The van der Waals surface area contributed by atoms with Crippen LogP contribution >= 0.6 is 0 Å². The van der Waals surface area contributed by atoms with Crippen LogP contribution in [0.1, 0.15) is 108 Å². The van der Waals surface area contributed by atoms with Gasteiger partial charge < -0.3 is 55.9 Å². The summed E-state index contributed by atoms with van der Waals surface area (Å²) >= 11 is 0. The van der Waals surface area contributed by atoms with Crippen LogP contribution in [0.2, 0.25) is 0 Å². The fraction of sp³-hybridized carbons (Fsp3) is 0.538. The van der Waals surface area contributed by atoms with Gasteiger partial charge in [0.15, 0.2) is 5.65 Å². The van der Waals surface area contributed by atoms with E-state index in [4.69, 9.17) is 14.2 Å². The highest BCUT2D eigenvalue weighted by Crippen LogP contribution is 2.31. The van der Waals surface area contributed by atoms with Gasteiger partial charge in [-0.1, -0.05) is 58.0 Å². The van der Waals surface area contributed by atoms with E-state index in [2.05, 4.69) is 42.0 Å². The van der Waals surface area contributed by atoms with E-state index in [9.17, 15) is 33.2 Å². The van der Waals surface area contributed by atoms with Crippen LogP contribution in [0.3, 0.4) is 0 Å². The maximum Gasteiger partial charge on any atom is 0.259 e. The molecule has 1 fully saturated rings. The van der Waals surface area contributed by atoms with Crippen LogP contribution in [0, 0.1) is 11.2 Å². The lowest BCUT2D eigenvalue weighted by molar-refractivity contribution is -0.144. The molecule has 73 heavy (non-hydrogen) atoms. The van der Waals surface area contributed by atoms with Crippen LogP contribution in [0.25, 0.3) is 5.65 Å². The fourth-order valence-electron chi connectivity index (χ4n) is 8.77. The van der Waals surface area contributed by atoms with Crippen LogP contribution in [-0.4, -0.2) is 150 Å². The Bertz CT molecular complexity index is 2540. The molecule has 4 heterocycles. The maximum absolute atomic E-state index is 14.4. The van der Waals surface area contributed by atoms with E-state index in [-0.39, 0.29) is 119 Å². The molecule has 1 saturated heterocycles. The summed E-state index contributed by atoms with van der Waals surface area (Å²) in [7, 11) is 1.65. The van der Waals surface area contributed by atoms with Gasteiger partial charge in [-0.25, -0.2) is 13.9 Å². The second kappa shape index (κ2) is 25.8. The molecule has 2 bridgehead atoms. The lowest BCUT2D eigenvalue weighted by Gasteiger charge is -2.36. The quantitative estimate of drug-likeness (QED) is 0.0655. The summed E-state index contributed by atoms with van der Waals surface area (Å²) in [5.41, 5.74) is 1.43. The zero-order chi connectivity index (χ0) is 52.8. The molecule has 2 aliphatic heterocycles. The Kier molecular flexibility index (Phi) is 19.6. The summed E-state index contributed by atoms with van der Waals surface area (Å²) in [5, 5.41) is 22.3. The number of likely N-dealkylation sites (tertiary alicyclic amines) is 1. The van der Waals surface area contributed by atoms with E-state index < -0.39 is 47.4 Å². The maximum atomic E-state index is 14.4. The molecule has 0 saturated carbocycles. The molecule has 21 heteroatoms. The molecule has 6 N–H and O–H groups in total. The summed E-state index contributed by atoms with van der Waals surface area (Å²) in [6.07, 6.45) is 3.50. The molecule has 1 unspecified atom stereocenters. The van der Waals surface area contributed by atoms with Gasteiger partial charge in [0.2, 0.25) is 29.5 Å². The van der Waals surface area contributed by atoms with Crippen LogP contribution in [0.15, 0.2) is 67.0 Å². The third-order valence-corrected chi connectivity index (χ3v) is 12.9. The van der Waals surface area contributed by atoms with E-state index in [1.807, 2.05) is 71.9 Å². The second-order valence-electron chi connectivity index (χ2n) is 19.6. The molecule has 0 radical (unpaired) electrons. The predicted octanol–water partition coefficient (Wildman–Crippen LogP) is 3.69. The van der Waals surface area contributed by atoms with E-state index >= 15 is 0 Å². The minimum atomic E-state index is -0.946. The first kappa shape index (κ1) is 55.6. The Morgan fingerprint density at radius 1 is 0.945 bits per heavy atom. The number of rotatable bonds is 21. The Labute approximate surface area is 426 Å². The van der Waals surface area contributed by atoms with Crippen LogP contribution in [-0.2, 0) is 33.4 Å². The van der Waals surface area contributed by atoms with Gasteiger partial charge in [-0.15, -0.1) is 0 Å². The van der Waals surface area contributed by atoms with Gasteiger partial charge in [0.25, 0.3) is 5.91 Å². The Balaban J connectivity index is 0.943. The van der Waals surface area contributed by atoms with Crippen molar-refractivity contribution in [2.75, 3.05) is 65.0 Å². The number of benzene rings is 2. The number of likely N-dealkylation sites (N-methyl/N-ethyl adjacent to an activating group) is 1. The monoisotopic (exact) mass is 1010 g/mol. The van der Waals surface area contributed by atoms with Gasteiger partial charge in [0.05, 0.1) is 57.3 Å². The number of hydrogen-bond donors (Lipinski definition) is 6. The second-order valence-corrected chi connectivity index (χ2v) is 19.6. The standard InChI is InChI=1S/C52H72FN11O9/c1-9-40(35-13-11-10-12-14-35)59-49(68)41-28-37(31-63(41)51(70)46(52(5,6)7)61-48(67)34(4)54-8)58-45(66)19-24-72-26-25-71-23-18-44(65)55-20-22-62-30-32(2)73-42-16-15-36(53)27-38(42)33(3)57-43-17-21-64-47(60-43)39(29-56-64)50(62)69/h10-17,21,27,29,32-34,37,40-41,46,54H,9,18-20,22-26,28,30-31H2,1-8H3,(H,55,65)(H,57,60)(H,58,66)(H,59,68)(H,61,67)/t32-,33?,34-,37-,40+,41-,46+/m0/s1. The number of aromatic nitrogens is 3. The number of carbonyl (C=O) groups excluding carboxylic acids is 6. The molecular weight excluding hydrogens is 942 g/mol. The average molecular weight is 1010 g/mol. The number of ether oxygens (including phenoxy) is 3. The van der Waals surface area contributed by atoms with Gasteiger partial charge in [-0.2, -0.15) is 5.10 Å². The van der Waals surface area contributed by atoms with Crippen molar-refractivity contribution < 1.29 is 47.4 Å². The van der Waals surface area contributed by atoms with Crippen molar-refractivity contribution in [1.82, 2.24) is 51.0 Å². The van der Waals surface area contributed by atoms with Crippen LogP contribution in [0.4, 0.5) is 10.2 Å². The van der Waals surface area contributed by atoms with E-state index in [0.717, 1.165) is 5.56 Å². The molecule has 396 valence electrons. The summed E-state index contributed by atoms with van der Waals surface area (Å²) in [6.45, 7) is 13.9. The van der Waals surface area contributed by atoms with E-state index in [1.165, 1.54) is 27.7 Å². The number of fused-ring (bicyclic) bond motifs is 2. The van der Waals surface area contributed by atoms with Gasteiger partial charge in [0.1, 0.15) is 41.1 Å². The van der Waals surface area contributed by atoms with Crippen molar-refractivity contribution in [3.63, 3.8) is 0 Å². The Hall–Kier alpha value is -6.71. The van der Waals surface area contributed by atoms with Crippen molar-refractivity contribution in [1.29, 1.82) is 0 Å². The molecule has 7 atom stereocenters. The Morgan fingerprint density at radius 2 is 1.66 bits per heavy atom. The third-order valence-electron chi connectivity index (χ3n) is 12.9. The highest BCUT2D eigenvalue weighted by molar-refractivity contribution is 6.00. The predicted molar refractivity (Wildman–Crippen MR) is 271 cm³/mol. The zero-order valence-electron chi connectivity index (χ0n) is 43.2. The number of nitrogens with zero attached hydrogens (tertiary/aromatic N) is 5.